The van der Waals surface area contributed by atoms with Gasteiger partial charge in [0.2, 0.25) is 0 Å². The Kier molecular flexibility index (Phi) is 4.17. The largest absolute Gasteiger partial charge is 0.466 e. The van der Waals surface area contributed by atoms with Gasteiger partial charge >= 0.3 is 5.97 Å². The van der Waals surface area contributed by atoms with E-state index < -0.39 is 11.4 Å². The third kappa shape index (κ3) is 2.78. The molecule has 2 heterocycles. The fourth-order valence-corrected chi connectivity index (χ4v) is 4.04. The van der Waals surface area contributed by atoms with Crippen molar-refractivity contribution >= 4 is 29.5 Å². The van der Waals surface area contributed by atoms with Crippen molar-refractivity contribution < 1.29 is 9.53 Å². The minimum atomic E-state index is -0.515. The number of esters is 1. The van der Waals surface area contributed by atoms with Gasteiger partial charge in [-0.1, -0.05) is 47.5 Å². The first kappa shape index (κ1) is 16.1. The standard InChI is InChI=1S/C19H18ClN3O2/c1-2-25-19(24)16-15-12(8-11-6-4-3-5-7-11)9-14-13(10-21-23-14)17(15)22-18(16)20/h3-7,9-10,15-16,18,22H,2,8H2,1H3. The van der Waals surface area contributed by atoms with Crippen LogP contribution in [0.2, 0.25) is 0 Å². The van der Waals surface area contributed by atoms with E-state index in [0.29, 0.717) is 6.61 Å². The number of hydrogen-bond donors (Lipinski definition) is 1. The summed E-state index contributed by atoms with van der Waals surface area (Å²) in [7, 11) is 0. The second-order valence-corrected chi connectivity index (χ2v) is 6.71. The molecule has 0 amide bonds. The third-order valence-electron chi connectivity index (χ3n) is 4.73. The molecule has 3 aliphatic rings. The number of alkyl halides is 1. The Morgan fingerprint density at radius 2 is 2.12 bits per heavy atom. The van der Waals surface area contributed by atoms with Crippen LogP contribution in [0.5, 0.6) is 0 Å². The average molecular weight is 356 g/mol. The number of fused-ring (bicyclic) bond motifs is 2. The van der Waals surface area contributed by atoms with Gasteiger partial charge in [-0.05, 0) is 25.0 Å². The molecule has 1 aromatic carbocycles. The first-order valence-corrected chi connectivity index (χ1v) is 8.80. The van der Waals surface area contributed by atoms with Crippen molar-refractivity contribution in [2.24, 2.45) is 22.0 Å². The van der Waals surface area contributed by atoms with Gasteiger partial charge in [0.15, 0.2) is 0 Å². The number of hydrogen-bond acceptors (Lipinski definition) is 5. The van der Waals surface area contributed by atoms with Crippen LogP contribution >= 0.6 is 11.6 Å². The summed E-state index contributed by atoms with van der Waals surface area (Å²) < 4.78 is 5.28. The Labute approximate surface area is 151 Å². The van der Waals surface area contributed by atoms with Gasteiger partial charge in [0, 0.05) is 17.2 Å². The summed E-state index contributed by atoms with van der Waals surface area (Å²) in [6, 6.07) is 10.2. The highest BCUT2D eigenvalue weighted by atomic mass is 35.5. The summed E-state index contributed by atoms with van der Waals surface area (Å²) in [5.74, 6) is -0.875. The second kappa shape index (κ2) is 6.48. The van der Waals surface area contributed by atoms with Crippen LogP contribution in [0.3, 0.4) is 0 Å². The molecule has 2 aliphatic heterocycles. The highest BCUT2D eigenvalue weighted by Gasteiger charge is 2.48. The number of benzene rings is 1. The SMILES string of the molecule is CCOC(=O)C1C(Cl)NC2=C3C=NN=C3C=C(Cc3ccccc3)C21. The molecule has 3 atom stereocenters. The van der Waals surface area contributed by atoms with Crippen molar-refractivity contribution in [3.8, 4) is 0 Å². The Bertz CT molecular complexity index is 826. The number of carbonyl (C=O) groups is 1. The van der Waals surface area contributed by atoms with Gasteiger partial charge in [0.25, 0.3) is 0 Å². The lowest BCUT2D eigenvalue weighted by atomic mass is 9.78. The van der Waals surface area contributed by atoms with Crippen LogP contribution in [0.25, 0.3) is 0 Å². The monoisotopic (exact) mass is 355 g/mol. The Hall–Kier alpha value is -2.40. The maximum atomic E-state index is 12.5. The van der Waals surface area contributed by atoms with Crippen LogP contribution in [0.4, 0.5) is 0 Å². The molecule has 1 aliphatic carbocycles. The van der Waals surface area contributed by atoms with Gasteiger partial charge in [-0.15, -0.1) is 0 Å². The minimum Gasteiger partial charge on any atom is -0.466 e. The highest BCUT2D eigenvalue weighted by molar-refractivity contribution is 6.26. The summed E-state index contributed by atoms with van der Waals surface area (Å²) in [4.78, 5) is 12.5. The number of nitrogens with zero attached hydrogens (tertiary/aromatic N) is 2. The quantitative estimate of drug-likeness (QED) is 0.513. The molecule has 1 aromatic rings. The zero-order chi connectivity index (χ0) is 17.4. The van der Waals surface area contributed by atoms with Crippen LogP contribution < -0.4 is 5.32 Å². The number of rotatable bonds is 4. The van der Waals surface area contributed by atoms with E-state index >= 15 is 0 Å². The molecular weight excluding hydrogens is 338 g/mol. The molecule has 0 radical (unpaired) electrons. The number of allylic oxidation sites excluding steroid dienone is 3. The van der Waals surface area contributed by atoms with E-state index in [0.717, 1.165) is 29.0 Å². The van der Waals surface area contributed by atoms with Crippen LogP contribution in [0, 0.1) is 11.8 Å². The molecule has 0 spiro atoms. The van der Waals surface area contributed by atoms with Gasteiger partial charge in [-0.25, -0.2) is 0 Å². The predicted octanol–water partition coefficient (Wildman–Crippen LogP) is 2.83. The van der Waals surface area contributed by atoms with E-state index in [2.05, 4.69) is 27.7 Å². The smallest absolute Gasteiger partial charge is 0.313 e. The van der Waals surface area contributed by atoms with Gasteiger partial charge in [0.05, 0.1) is 18.5 Å². The van der Waals surface area contributed by atoms with Crippen molar-refractivity contribution in [1.29, 1.82) is 0 Å². The summed E-state index contributed by atoms with van der Waals surface area (Å²) in [5.41, 5.74) is 4.42. The minimum absolute atomic E-state index is 0.139. The number of carbonyl (C=O) groups excluding carboxylic acids is 1. The Morgan fingerprint density at radius 1 is 1.32 bits per heavy atom. The highest BCUT2D eigenvalue weighted by Crippen LogP contribution is 2.43. The molecule has 0 bridgehead atoms. The summed E-state index contributed by atoms with van der Waals surface area (Å²) >= 11 is 6.48. The van der Waals surface area contributed by atoms with Gasteiger partial charge in [-0.2, -0.15) is 10.2 Å². The third-order valence-corrected chi connectivity index (χ3v) is 5.11. The molecule has 25 heavy (non-hydrogen) atoms. The molecule has 4 rings (SSSR count). The topological polar surface area (TPSA) is 63.0 Å². The van der Waals surface area contributed by atoms with Crippen molar-refractivity contribution in [2.45, 2.75) is 18.8 Å². The van der Waals surface area contributed by atoms with E-state index in [-0.39, 0.29) is 11.9 Å². The van der Waals surface area contributed by atoms with Crippen molar-refractivity contribution in [1.82, 2.24) is 5.32 Å². The fraction of sp³-hybridized carbons (Fsp3) is 0.316. The van der Waals surface area contributed by atoms with E-state index in [1.165, 1.54) is 5.56 Å². The lowest BCUT2D eigenvalue weighted by Gasteiger charge is -2.26. The molecule has 1 saturated heterocycles. The maximum Gasteiger partial charge on any atom is 0.313 e. The second-order valence-electron chi connectivity index (χ2n) is 6.24. The lowest BCUT2D eigenvalue weighted by molar-refractivity contribution is -0.148. The molecule has 0 saturated carbocycles. The van der Waals surface area contributed by atoms with Gasteiger partial charge < -0.3 is 10.1 Å². The zero-order valence-electron chi connectivity index (χ0n) is 13.8. The van der Waals surface area contributed by atoms with Crippen molar-refractivity contribution in [3.63, 3.8) is 0 Å². The lowest BCUT2D eigenvalue weighted by Crippen LogP contribution is -2.31. The van der Waals surface area contributed by atoms with Crippen LogP contribution in [0.15, 0.2) is 63.5 Å². The van der Waals surface area contributed by atoms with Crippen LogP contribution in [-0.4, -0.2) is 30.0 Å². The molecular formula is C19H18ClN3O2. The number of halogens is 1. The summed E-state index contributed by atoms with van der Waals surface area (Å²) in [6.07, 6.45) is 4.48. The fourth-order valence-electron chi connectivity index (χ4n) is 3.67. The molecule has 128 valence electrons. The van der Waals surface area contributed by atoms with E-state index in [4.69, 9.17) is 16.3 Å². The van der Waals surface area contributed by atoms with Crippen molar-refractivity contribution in [3.05, 3.63) is 58.8 Å². The zero-order valence-corrected chi connectivity index (χ0v) is 14.5. The van der Waals surface area contributed by atoms with Gasteiger partial charge in [0.1, 0.15) is 11.4 Å². The Morgan fingerprint density at radius 3 is 2.88 bits per heavy atom. The molecule has 1 N–H and O–H groups in total. The molecule has 1 fully saturated rings. The van der Waals surface area contributed by atoms with Crippen LogP contribution in [-0.2, 0) is 16.0 Å². The van der Waals surface area contributed by atoms with Crippen molar-refractivity contribution in [2.75, 3.05) is 6.61 Å². The first-order chi connectivity index (χ1) is 12.2. The molecule has 3 unspecified atom stereocenters. The molecule has 0 aromatic heterocycles. The summed E-state index contributed by atoms with van der Waals surface area (Å²) in [5, 5.41) is 11.5. The van der Waals surface area contributed by atoms with Gasteiger partial charge in [-0.3, -0.25) is 4.79 Å². The van der Waals surface area contributed by atoms with E-state index in [9.17, 15) is 4.79 Å². The maximum absolute atomic E-state index is 12.5. The Balaban J connectivity index is 1.74. The molecule has 6 heteroatoms. The van der Waals surface area contributed by atoms with E-state index in [1.807, 2.05) is 24.3 Å². The number of nitrogens with one attached hydrogen (secondary N) is 1. The predicted molar refractivity (Wildman–Crippen MR) is 97.6 cm³/mol. The average Bonchev–Trinajstić information content (AvgIpc) is 3.19. The van der Waals surface area contributed by atoms with E-state index in [1.54, 1.807) is 13.1 Å². The molecule has 5 nitrogen and oxygen atoms in total. The number of ether oxygens (including phenoxy) is 1. The van der Waals surface area contributed by atoms with Crippen LogP contribution in [0.1, 0.15) is 12.5 Å². The normalized spacial score (nSPS) is 26.6. The summed E-state index contributed by atoms with van der Waals surface area (Å²) in [6.45, 7) is 2.14. The first-order valence-electron chi connectivity index (χ1n) is 8.36.